The molecule has 0 bridgehead atoms. The zero-order valence-corrected chi connectivity index (χ0v) is 12.4. The molecule has 2 aromatic rings. The van der Waals surface area contributed by atoms with Gasteiger partial charge in [0.15, 0.2) is 0 Å². The molecule has 0 saturated heterocycles. The Morgan fingerprint density at radius 2 is 2.14 bits per heavy atom. The molecule has 1 aromatic heterocycles. The highest BCUT2D eigenvalue weighted by Crippen LogP contribution is 2.34. The molecule has 1 aromatic carbocycles. The molecule has 1 heterocycles. The Balaban J connectivity index is 1.84. The minimum absolute atomic E-state index is 0.166. The highest BCUT2D eigenvalue weighted by Gasteiger charge is 2.21. The van der Waals surface area contributed by atoms with Gasteiger partial charge in [0.2, 0.25) is 0 Å². The summed E-state index contributed by atoms with van der Waals surface area (Å²) in [6, 6.07) is 4.71. The summed E-state index contributed by atoms with van der Waals surface area (Å²) in [6.45, 7) is 0.796. The standard InChI is InChI=1S/C16H17FO3S/c17-12-6-3-7-13-14(12)11(15(21-13)16(18)19)9-20-8-10-4-1-2-5-10/h3,6-7,10H,1-2,4-5,8-9H2,(H,18,19). The predicted molar refractivity (Wildman–Crippen MR) is 80.4 cm³/mol. The monoisotopic (exact) mass is 308 g/mol. The second-order valence-electron chi connectivity index (χ2n) is 5.49. The lowest BCUT2D eigenvalue weighted by Crippen LogP contribution is -2.07. The molecule has 5 heteroatoms. The Morgan fingerprint density at radius 3 is 2.86 bits per heavy atom. The first kappa shape index (κ1) is 14.5. The number of hydrogen-bond donors (Lipinski definition) is 1. The van der Waals surface area contributed by atoms with Crippen LogP contribution in [-0.2, 0) is 11.3 Å². The van der Waals surface area contributed by atoms with E-state index in [-0.39, 0.29) is 17.3 Å². The van der Waals surface area contributed by atoms with E-state index in [0.717, 1.165) is 11.3 Å². The Kier molecular flexibility index (Phi) is 4.22. The van der Waals surface area contributed by atoms with Crippen LogP contribution in [0.2, 0.25) is 0 Å². The van der Waals surface area contributed by atoms with E-state index in [1.807, 2.05) is 0 Å². The first-order valence-corrected chi connectivity index (χ1v) is 7.99. The molecule has 21 heavy (non-hydrogen) atoms. The van der Waals surface area contributed by atoms with Crippen LogP contribution in [0.5, 0.6) is 0 Å². The molecule has 0 aliphatic heterocycles. The van der Waals surface area contributed by atoms with Crippen molar-refractivity contribution in [2.75, 3.05) is 6.61 Å². The van der Waals surface area contributed by atoms with Gasteiger partial charge in [-0.15, -0.1) is 11.3 Å². The fourth-order valence-electron chi connectivity index (χ4n) is 2.98. The van der Waals surface area contributed by atoms with Gasteiger partial charge in [-0.25, -0.2) is 9.18 Å². The van der Waals surface area contributed by atoms with Crippen LogP contribution in [0, 0.1) is 11.7 Å². The van der Waals surface area contributed by atoms with Crippen LogP contribution in [-0.4, -0.2) is 17.7 Å². The molecular formula is C16H17FO3S. The van der Waals surface area contributed by atoms with E-state index in [0.29, 0.717) is 28.2 Å². The number of carboxylic acids is 1. The van der Waals surface area contributed by atoms with Gasteiger partial charge in [0, 0.05) is 22.3 Å². The molecule has 1 aliphatic rings. The summed E-state index contributed by atoms with van der Waals surface area (Å²) >= 11 is 1.11. The summed E-state index contributed by atoms with van der Waals surface area (Å²) in [7, 11) is 0. The molecule has 1 fully saturated rings. The number of halogens is 1. The van der Waals surface area contributed by atoms with Gasteiger partial charge < -0.3 is 9.84 Å². The molecule has 1 N–H and O–H groups in total. The summed E-state index contributed by atoms with van der Waals surface area (Å²) < 4.78 is 20.4. The molecule has 0 unspecified atom stereocenters. The average molecular weight is 308 g/mol. The SMILES string of the molecule is O=C(O)c1sc2cccc(F)c2c1COCC1CCCC1. The largest absolute Gasteiger partial charge is 0.477 e. The number of fused-ring (bicyclic) bond motifs is 1. The first-order chi connectivity index (χ1) is 10.2. The van der Waals surface area contributed by atoms with Gasteiger partial charge >= 0.3 is 5.97 Å². The Morgan fingerprint density at radius 1 is 1.38 bits per heavy atom. The van der Waals surface area contributed by atoms with Crippen molar-refractivity contribution in [2.45, 2.75) is 32.3 Å². The van der Waals surface area contributed by atoms with Gasteiger partial charge in [0.25, 0.3) is 0 Å². The Hall–Kier alpha value is -1.46. The Labute approximate surface area is 126 Å². The van der Waals surface area contributed by atoms with Crippen LogP contribution < -0.4 is 0 Å². The predicted octanol–water partition coefficient (Wildman–Crippen LogP) is 4.45. The quantitative estimate of drug-likeness (QED) is 0.888. The van der Waals surface area contributed by atoms with Crippen molar-refractivity contribution in [2.24, 2.45) is 5.92 Å². The van der Waals surface area contributed by atoms with Gasteiger partial charge in [0.05, 0.1) is 6.61 Å². The molecule has 112 valence electrons. The Bertz CT molecular complexity index is 659. The second-order valence-corrected chi connectivity index (χ2v) is 6.55. The van der Waals surface area contributed by atoms with E-state index >= 15 is 0 Å². The molecule has 0 spiro atoms. The van der Waals surface area contributed by atoms with Gasteiger partial charge in [0.1, 0.15) is 10.7 Å². The summed E-state index contributed by atoms with van der Waals surface area (Å²) in [5.74, 6) is -0.834. The normalized spacial score (nSPS) is 15.9. The number of thiophene rings is 1. The van der Waals surface area contributed by atoms with E-state index in [1.165, 1.54) is 31.7 Å². The zero-order chi connectivity index (χ0) is 14.8. The molecular weight excluding hydrogens is 291 g/mol. The maximum Gasteiger partial charge on any atom is 0.346 e. The van der Waals surface area contributed by atoms with Crippen molar-refractivity contribution in [3.8, 4) is 0 Å². The van der Waals surface area contributed by atoms with Crippen molar-refractivity contribution in [1.29, 1.82) is 0 Å². The minimum Gasteiger partial charge on any atom is -0.477 e. The van der Waals surface area contributed by atoms with Gasteiger partial charge in [-0.05, 0) is 30.9 Å². The van der Waals surface area contributed by atoms with Crippen molar-refractivity contribution in [3.05, 3.63) is 34.5 Å². The fraction of sp³-hybridized carbons (Fsp3) is 0.438. The van der Waals surface area contributed by atoms with E-state index < -0.39 is 5.97 Å². The van der Waals surface area contributed by atoms with Gasteiger partial charge in [-0.3, -0.25) is 0 Å². The van der Waals surface area contributed by atoms with Crippen LogP contribution in [0.25, 0.3) is 10.1 Å². The van der Waals surface area contributed by atoms with Crippen molar-refractivity contribution in [1.82, 2.24) is 0 Å². The highest BCUT2D eigenvalue weighted by molar-refractivity contribution is 7.21. The van der Waals surface area contributed by atoms with Crippen molar-refractivity contribution < 1.29 is 19.0 Å². The third-order valence-electron chi connectivity index (χ3n) is 4.03. The van der Waals surface area contributed by atoms with E-state index in [2.05, 4.69) is 0 Å². The number of hydrogen-bond acceptors (Lipinski definition) is 3. The molecule has 1 aliphatic carbocycles. The summed E-state index contributed by atoms with van der Waals surface area (Å²) in [5.41, 5.74) is 0.471. The topological polar surface area (TPSA) is 46.5 Å². The summed E-state index contributed by atoms with van der Waals surface area (Å²) in [4.78, 5) is 11.5. The lowest BCUT2D eigenvalue weighted by molar-refractivity contribution is 0.0684. The molecule has 1 saturated carbocycles. The van der Waals surface area contributed by atoms with E-state index in [9.17, 15) is 14.3 Å². The molecule has 3 rings (SSSR count). The molecule has 0 radical (unpaired) electrons. The number of benzene rings is 1. The maximum absolute atomic E-state index is 14.0. The number of carboxylic acid groups (broad SMARTS) is 1. The summed E-state index contributed by atoms with van der Waals surface area (Å²) in [6.07, 6.45) is 4.82. The van der Waals surface area contributed by atoms with Gasteiger partial charge in [-0.1, -0.05) is 18.9 Å². The van der Waals surface area contributed by atoms with E-state index in [1.54, 1.807) is 12.1 Å². The number of carbonyl (C=O) groups is 1. The van der Waals surface area contributed by atoms with Crippen molar-refractivity contribution >= 4 is 27.4 Å². The molecule has 3 nitrogen and oxygen atoms in total. The second kappa shape index (κ2) is 6.12. The lowest BCUT2D eigenvalue weighted by atomic mass is 10.1. The lowest BCUT2D eigenvalue weighted by Gasteiger charge is -2.10. The minimum atomic E-state index is -1.02. The highest BCUT2D eigenvalue weighted by atomic mass is 32.1. The number of rotatable bonds is 5. The van der Waals surface area contributed by atoms with Crippen LogP contribution in [0.3, 0.4) is 0 Å². The third kappa shape index (κ3) is 2.94. The smallest absolute Gasteiger partial charge is 0.346 e. The average Bonchev–Trinajstić information content (AvgIpc) is 3.07. The van der Waals surface area contributed by atoms with Crippen LogP contribution in [0.4, 0.5) is 4.39 Å². The van der Waals surface area contributed by atoms with Crippen LogP contribution in [0.1, 0.15) is 40.9 Å². The fourth-order valence-corrected chi connectivity index (χ4v) is 4.04. The van der Waals surface area contributed by atoms with Gasteiger partial charge in [-0.2, -0.15) is 0 Å². The van der Waals surface area contributed by atoms with Crippen LogP contribution >= 0.6 is 11.3 Å². The van der Waals surface area contributed by atoms with Crippen LogP contribution in [0.15, 0.2) is 18.2 Å². The maximum atomic E-state index is 14.0. The van der Waals surface area contributed by atoms with E-state index in [4.69, 9.17) is 4.74 Å². The molecule has 0 amide bonds. The number of aromatic carboxylic acids is 1. The third-order valence-corrected chi connectivity index (χ3v) is 5.22. The van der Waals surface area contributed by atoms with Crippen molar-refractivity contribution in [3.63, 3.8) is 0 Å². The zero-order valence-electron chi connectivity index (χ0n) is 11.6. The molecule has 0 atom stereocenters. The summed E-state index contributed by atoms with van der Waals surface area (Å²) in [5, 5.41) is 9.70. The number of ether oxygens (including phenoxy) is 1. The first-order valence-electron chi connectivity index (χ1n) is 7.17.